The summed E-state index contributed by atoms with van der Waals surface area (Å²) >= 11 is 0. The molecule has 0 saturated carbocycles. The largest absolute Gasteiger partial charge is 0.496 e. The van der Waals surface area contributed by atoms with Crippen molar-refractivity contribution in [2.45, 2.75) is 20.0 Å². The van der Waals surface area contributed by atoms with E-state index in [-0.39, 0.29) is 30.4 Å². The Morgan fingerprint density at radius 2 is 1.89 bits per heavy atom. The van der Waals surface area contributed by atoms with Gasteiger partial charge in [-0.2, -0.15) is 0 Å². The molecule has 2 aromatic carbocycles. The van der Waals surface area contributed by atoms with Crippen LogP contribution >= 0.6 is 0 Å². The molecule has 0 bridgehead atoms. The number of amides is 1. The van der Waals surface area contributed by atoms with Gasteiger partial charge >= 0.3 is 0 Å². The summed E-state index contributed by atoms with van der Waals surface area (Å²) in [6.07, 6.45) is 0. The normalized spacial score (nSPS) is 10.5. The monoisotopic (exact) mass is 381 g/mol. The van der Waals surface area contributed by atoms with Gasteiger partial charge in [0.2, 0.25) is 5.91 Å². The zero-order valence-electron chi connectivity index (χ0n) is 15.6. The van der Waals surface area contributed by atoms with Crippen LogP contribution in [0.3, 0.4) is 0 Å². The van der Waals surface area contributed by atoms with Crippen molar-refractivity contribution in [3.8, 4) is 17.1 Å². The lowest BCUT2D eigenvalue weighted by Crippen LogP contribution is -2.33. The van der Waals surface area contributed by atoms with E-state index >= 15 is 0 Å². The third kappa shape index (κ3) is 4.43. The average Bonchev–Trinajstić information content (AvgIpc) is 2.69. The van der Waals surface area contributed by atoms with Crippen molar-refractivity contribution in [1.29, 1.82) is 0 Å². The van der Waals surface area contributed by atoms with E-state index in [1.807, 2.05) is 24.3 Å². The Morgan fingerprint density at radius 3 is 2.61 bits per heavy atom. The molecule has 1 N–H and O–H groups in total. The fraction of sp³-hybridized carbons (Fsp3) is 0.190. The lowest BCUT2D eigenvalue weighted by atomic mass is 10.2. The van der Waals surface area contributed by atoms with E-state index < -0.39 is 0 Å². The SMILES string of the molecule is COc1ccccc1CNC(=O)Cn1c(-c2ccc(F)cc2)nc(C)cc1=O. The molecule has 1 amide bonds. The summed E-state index contributed by atoms with van der Waals surface area (Å²) in [5, 5.41) is 2.79. The van der Waals surface area contributed by atoms with Crippen LogP contribution in [0.5, 0.6) is 5.75 Å². The first-order valence-corrected chi connectivity index (χ1v) is 8.71. The quantitative estimate of drug-likeness (QED) is 0.713. The number of nitrogens with one attached hydrogen (secondary N) is 1. The van der Waals surface area contributed by atoms with Gasteiger partial charge in [-0.25, -0.2) is 9.37 Å². The van der Waals surface area contributed by atoms with Crippen molar-refractivity contribution in [3.63, 3.8) is 0 Å². The summed E-state index contributed by atoms with van der Waals surface area (Å²) in [5.74, 6) is 0.253. The summed E-state index contributed by atoms with van der Waals surface area (Å²) in [7, 11) is 1.56. The highest BCUT2D eigenvalue weighted by atomic mass is 19.1. The topological polar surface area (TPSA) is 73.2 Å². The molecule has 0 spiro atoms. The second kappa shape index (κ2) is 8.47. The fourth-order valence-corrected chi connectivity index (χ4v) is 2.84. The molecule has 3 aromatic rings. The highest BCUT2D eigenvalue weighted by Crippen LogP contribution is 2.18. The maximum Gasteiger partial charge on any atom is 0.254 e. The van der Waals surface area contributed by atoms with Gasteiger partial charge < -0.3 is 10.1 Å². The van der Waals surface area contributed by atoms with Crippen molar-refractivity contribution in [2.75, 3.05) is 7.11 Å². The van der Waals surface area contributed by atoms with Gasteiger partial charge in [0.15, 0.2) is 0 Å². The lowest BCUT2D eigenvalue weighted by Gasteiger charge is -2.14. The van der Waals surface area contributed by atoms with Gasteiger partial charge in [0, 0.05) is 29.4 Å². The standard InChI is InChI=1S/C21H20FN3O3/c1-14-11-20(27)25(21(24-14)15-7-9-17(22)10-8-15)13-19(26)23-12-16-5-3-4-6-18(16)28-2/h3-11H,12-13H2,1-2H3,(H,23,26). The molecule has 6 nitrogen and oxygen atoms in total. The number of methoxy groups -OCH3 is 1. The van der Waals surface area contributed by atoms with E-state index in [4.69, 9.17) is 4.74 Å². The van der Waals surface area contributed by atoms with Crippen molar-refractivity contribution < 1.29 is 13.9 Å². The van der Waals surface area contributed by atoms with E-state index in [2.05, 4.69) is 10.3 Å². The molecular formula is C21H20FN3O3. The molecule has 3 rings (SSSR count). The highest BCUT2D eigenvalue weighted by molar-refractivity contribution is 5.76. The van der Waals surface area contributed by atoms with Gasteiger partial charge in [0.25, 0.3) is 5.56 Å². The van der Waals surface area contributed by atoms with Crippen molar-refractivity contribution in [1.82, 2.24) is 14.9 Å². The van der Waals surface area contributed by atoms with Crippen LogP contribution in [0.1, 0.15) is 11.3 Å². The number of carbonyl (C=O) groups excluding carboxylic acids is 1. The molecule has 0 radical (unpaired) electrons. The third-order valence-electron chi connectivity index (χ3n) is 4.21. The molecule has 0 fully saturated rings. The number of nitrogens with zero attached hydrogens (tertiary/aromatic N) is 2. The van der Waals surface area contributed by atoms with E-state index in [1.54, 1.807) is 14.0 Å². The summed E-state index contributed by atoms with van der Waals surface area (Å²) in [6, 6.07) is 14.3. The van der Waals surface area contributed by atoms with Crippen molar-refractivity contribution in [2.24, 2.45) is 0 Å². The van der Waals surface area contributed by atoms with Crippen LogP contribution in [-0.4, -0.2) is 22.6 Å². The molecule has 0 aliphatic rings. The molecule has 0 unspecified atom stereocenters. The molecular weight excluding hydrogens is 361 g/mol. The number of hydrogen-bond donors (Lipinski definition) is 1. The minimum absolute atomic E-state index is 0.200. The summed E-state index contributed by atoms with van der Waals surface area (Å²) < 4.78 is 19.8. The first kappa shape index (κ1) is 19.3. The van der Waals surface area contributed by atoms with Crippen molar-refractivity contribution >= 4 is 5.91 Å². The highest BCUT2D eigenvalue weighted by Gasteiger charge is 2.14. The van der Waals surface area contributed by atoms with Crippen LogP contribution < -0.4 is 15.6 Å². The van der Waals surface area contributed by atoms with Gasteiger partial charge in [-0.05, 0) is 37.3 Å². The van der Waals surface area contributed by atoms with Crippen LogP contribution in [0.15, 0.2) is 59.4 Å². The maximum atomic E-state index is 13.2. The zero-order chi connectivity index (χ0) is 20.1. The van der Waals surface area contributed by atoms with E-state index in [1.165, 1.54) is 34.9 Å². The predicted molar refractivity (Wildman–Crippen MR) is 103 cm³/mol. The van der Waals surface area contributed by atoms with E-state index in [0.717, 1.165) is 5.56 Å². The number of ether oxygens (including phenoxy) is 1. The van der Waals surface area contributed by atoms with Crippen LogP contribution in [0.4, 0.5) is 4.39 Å². The first-order chi connectivity index (χ1) is 13.5. The molecule has 0 atom stereocenters. The van der Waals surface area contributed by atoms with Crippen LogP contribution in [0, 0.1) is 12.7 Å². The Morgan fingerprint density at radius 1 is 1.18 bits per heavy atom. The van der Waals surface area contributed by atoms with Gasteiger partial charge in [0.1, 0.15) is 23.9 Å². The van der Waals surface area contributed by atoms with E-state index in [0.29, 0.717) is 22.8 Å². The Bertz CT molecular complexity index is 1050. The van der Waals surface area contributed by atoms with E-state index in [9.17, 15) is 14.0 Å². The number of para-hydroxylation sites is 1. The third-order valence-corrected chi connectivity index (χ3v) is 4.21. The van der Waals surface area contributed by atoms with Crippen LogP contribution in [0.2, 0.25) is 0 Å². The number of aromatic nitrogens is 2. The summed E-state index contributed by atoms with van der Waals surface area (Å²) in [5.41, 5.74) is 1.56. The Hall–Kier alpha value is -3.48. The average molecular weight is 381 g/mol. The summed E-state index contributed by atoms with van der Waals surface area (Å²) in [4.78, 5) is 29.3. The predicted octanol–water partition coefficient (Wildman–Crippen LogP) is 2.68. The van der Waals surface area contributed by atoms with Gasteiger partial charge in [-0.3, -0.25) is 14.2 Å². The lowest BCUT2D eigenvalue weighted by molar-refractivity contribution is -0.121. The minimum Gasteiger partial charge on any atom is -0.496 e. The van der Waals surface area contributed by atoms with Gasteiger partial charge in [-0.15, -0.1) is 0 Å². The number of rotatable bonds is 6. The fourth-order valence-electron chi connectivity index (χ4n) is 2.84. The number of benzene rings is 2. The maximum absolute atomic E-state index is 13.2. The number of aryl methyl sites for hydroxylation is 1. The Kier molecular flexibility index (Phi) is 5.84. The molecule has 0 aliphatic carbocycles. The number of carbonyl (C=O) groups is 1. The minimum atomic E-state index is -0.389. The Balaban J connectivity index is 1.82. The molecule has 0 saturated heterocycles. The molecule has 1 heterocycles. The molecule has 1 aromatic heterocycles. The second-order valence-electron chi connectivity index (χ2n) is 6.24. The number of halogens is 1. The summed E-state index contributed by atoms with van der Waals surface area (Å²) in [6.45, 7) is 1.76. The van der Waals surface area contributed by atoms with Crippen molar-refractivity contribution in [3.05, 3.63) is 82.0 Å². The van der Waals surface area contributed by atoms with Crippen LogP contribution in [-0.2, 0) is 17.9 Å². The Labute approximate surface area is 161 Å². The molecule has 0 aliphatic heterocycles. The zero-order valence-corrected chi connectivity index (χ0v) is 15.6. The van der Waals surface area contributed by atoms with Crippen LogP contribution in [0.25, 0.3) is 11.4 Å². The number of hydrogen-bond acceptors (Lipinski definition) is 4. The van der Waals surface area contributed by atoms with Gasteiger partial charge in [-0.1, -0.05) is 18.2 Å². The molecule has 7 heteroatoms. The second-order valence-corrected chi connectivity index (χ2v) is 6.24. The smallest absolute Gasteiger partial charge is 0.254 e. The molecule has 28 heavy (non-hydrogen) atoms. The first-order valence-electron chi connectivity index (χ1n) is 8.71. The molecule has 144 valence electrons. The van der Waals surface area contributed by atoms with Gasteiger partial charge in [0.05, 0.1) is 7.11 Å².